The average molecular weight is 234 g/mol. The molecule has 1 unspecified atom stereocenters. The fourth-order valence-corrected chi connectivity index (χ4v) is 1.79. The predicted octanol–water partition coefficient (Wildman–Crippen LogP) is 3.05. The van der Waals surface area contributed by atoms with Crippen molar-refractivity contribution < 1.29 is 8.91 Å². The highest BCUT2D eigenvalue weighted by Gasteiger charge is 2.13. The molecular formula is C13H15FN2O. The van der Waals surface area contributed by atoms with Gasteiger partial charge in [-0.1, -0.05) is 30.3 Å². The Morgan fingerprint density at radius 3 is 2.82 bits per heavy atom. The molecule has 90 valence electrons. The highest BCUT2D eigenvalue weighted by atomic mass is 19.1. The van der Waals surface area contributed by atoms with Crippen molar-refractivity contribution in [3.8, 4) is 0 Å². The first kappa shape index (κ1) is 11.8. The van der Waals surface area contributed by atoms with Gasteiger partial charge in [0.25, 0.3) is 0 Å². The van der Waals surface area contributed by atoms with Gasteiger partial charge in [0.15, 0.2) is 0 Å². The van der Waals surface area contributed by atoms with Crippen LogP contribution in [0.5, 0.6) is 0 Å². The summed E-state index contributed by atoms with van der Waals surface area (Å²) in [6.07, 6.45) is 2.35. The molecule has 0 aliphatic carbocycles. The third kappa shape index (κ3) is 2.91. The Balaban J connectivity index is 2.04. The van der Waals surface area contributed by atoms with Crippen molar-refractivity contribution in [2.24, 2.45) is 0 Å². The minimum atomic E-state index is -0.174. The molecule has 1 aromatic carbocycles. The topological polar surface area (TPSA) is 38.1 Å². The highest BCUT2D eigenvalue weighted by molar-refractivity contribution is 5.21. The number of benzene rings is 1. The largest absolute Gasteiger partial charge is 0.364 e. The quantitative estimate of drug-likeness (QED) is 0.864. The lowest BCUT2D eigenvalue weighted by Crippen LogP contribution is -2.21. The van der Waals surface area contributed by atoms with Crippen molar-refractivity contribution in [1.82, 2.24) is 10.5 Å². The predicted molar refractivity (Wildman–Crippen MR) is 62.8 cm³/mol. The van der Waals surface area contributed by atoms with E-state index in [1.807, 2.05) is 13.0 Å². The Labute approximate surface area is 99.6 Å². The Kier molecular flexibility index (Phi) is 3.88. The number of nitrogens with one attached hydrogen (secondary N) is 1. The van der Waals surface area contributed by atoms with Gasteiger partial charge in [-0.2, -0.15) is 0 Å². The summed E-state index contributed by atoms with van der Waals surface area (Å²) in [4.78, 5) is 0. The lowest BCUT2D eigenvalue weighted by atomic mass is 10.0. The Hall–Kier alpha value is -1.68. The lowest BCUT2D eigenvalue weighted by molar-refractivity contribution is 0.402. The second kappa shape index (κ2) is 5.59. The van der Waals surface area contributed by atoms with Gasteiger partial charge in [-0.3, -0.25) is 0 Å². The summed E-state index contributed by atoms with van der Waals surface area (Å²) in [5, 5.41) is 7.07. The molecule has 3 nitrogen and oxygen atoms in total. The highest BCUT2D eigenvalue weighted by Crippen LogP contribution is 2.19. The summed E-state index contributed by atoms with van der Waals surface area (Å²) in [5.74, 6) is -0.174. The lowest BCUT2D eigenvalue weighted by Gasteiger charge is -2.17. The number of hydrogen-bond acceptors (Lipinski definition) is 3. The molecule has 1 aromatic heterocycles. The number of hydrogen-bond donors (Lipinski definition) is 1. The van der Waals surface area contributed by atoms with Gasteiger partial charge in [0.1, 0.15) is 12.1 Å². The molecule has 4 heteroatoms. The molecule has 0 saturated carbocycles. The maximum absolute atomic E-state index is 13.6. The molecule has 0 aliphatic heterocycles. The standard InChI is InChI=1S/C13H15FN2O/c1-2-13(11-5-3-4-6-12(11)14)15-9-10-7-8-17-16-10/h3-8,13,15H,2,9H2,1H3. The van der Waals surface area contributed by atoms with Gasteiger partial charge in [0.05, 0.1) is 5.69 Å². The first-order valence-electron chi connectivity index (χ1n) is 5.68. The molecule has 0 spiro atoms. The van der Waals surface area contributed by atoms with Crippen LogP contribution in [-0.4, -0.2) is 5.16 Å². The summed E-state index contributed by atoms with van der Waals surface area (Å²) in [6, 6.07) is 8.62. The second-order valence-corrected chi connectivity index (χ2v) is 3.85. The minimum Gasteiger partial charge on any atom is -0.364 e. The van der Waals surface area contributed by atoms with E-state index in [1.165, 1.54) is 12.3 Å². The van der Waals surface area contributed by atoms with Gasteiger partial charge in [-0.25, -0.2) is 4.39 Å². The van der Waals surface area contributed by atoms with E-state index in [-0.39, 0.29) is 11.9 Å². The van der Waals surface area contributed by atoms with E-state index in [0.717, 1.165) is 12.1 Å². The van der Waals surface area contributed by atoms with Gasteiger partial charge in [0.2, 0.25) is 0 Å². The number of halogens is 1. The van der Waals surface area contributed by atoms with Gasteiger partial charge in [-0.05, 0) is 12.5 Å². The minimum absolute atomic E-state index is 0.00657. The molecule has 1 N–H and O–H groups in total. The Morgan fingerprint density at radius 1 is 1.35 bits per heavy atom. The smallest absolute Gasteiger partial charge is 0.127 e. The molecule has 2 rings (SSSR count). The zero-order chi connectivity index (χ0) is 12.1. The van der Waals surface area contributed by atoms with Crippen molar-refractivity contribution in [3.63, 3.8) is 0 Å². The number of nitrogens with zero attached hydrogens (tertiary/aromatic N) is 1. The molecule has 0 bridgehead atoms. The zero-order valence-electron chi connectivity index (χ0n) is 9.69. The number of rotatable bonds is 5. The fraction of sp³-hybridized carbons (Fsp3) is 0.308. The summed E-state index contributed by atoms with van der Waals surface area (Å²) < 4.78 is 18.4. The summed E-state index contributed by atoms with van der Waals surface area (Å²) in [6.45, 7) is 2.59. The van der Waals surface area contributed by atoms with E-state index in [9.17, 15) is 4.39 Å². The van der Waals surface area contributed by atoms with Crippen LogP contribution in [-0.2, 0) is 6.54 Å². The van der Waals surface area contributed by atoms with E-state index < -0.39 is 0 Å². The van der Waals surface area contributed by atoms with Crippen molar-refractivity contribution in [1.29, 1.82) is 0 Å². The maximum atomic E-state index is 13.6. The van der Waals surface area contributed by atoms with Crippen LogP contribution in [0.15, 0.2) is 41.1 Å². The number of aromatic nitrogens is 1. The Bertz CT molecular complexity index is 456. The van der Waals surface area contributed by atoms with Crippen LogP contribution in [0.1, 0.15) is 30.6 Å². The average Bonchev–Trinajstić information content (AvgIpc) is 2.85. The van der Waals surface area contributed by atoms with Crippen molar-refractivity contribution in [2.75, 3.05) is 0 Å². The normalized spacial score (nSPS) is 12.6. The van der Waals surface area contributed by atoms with Gasteiger partial charge in [-0.15, -0.1) is 0 Å². The summed E-state index contributed by atoms with van der Waals surface area (Å²) in [5.41, 5.74) is 1.51. The van der Waals surface area contributed by atoms with Crippen LogP contribution in [0.4, 0.5) is 4.39 Å². The van der Waals surface area contributed by atoms with E-state index in [0.29, 0.717) is 12.1 Å². The third-order valence-electron chi connectivity index (χ3n) is 2.71. The first-order chi connectivity index (χ1) is 8.31. The fourth-order valence-electron chi connectivity index (χ4n) is 1.79. The van der Waals surface area contributed by atoms with Gasteiger partial charge >= 0.3 is 0 Å². The molecule has 1 atom stereocenters. The third-order valence-corrected chi connectivity index (χ3v) is 2.71. The summed E-state index contributed by atoms with van der Waals surface area (Å²) in [7, 11) is 0. The molecule has 1 heterocycles. The van der Waals surface area contributed by atoms with E-state index in [2.05, 4.69) is 10.5 Å². The zero-order valence-corrected chi connectivity index (χ0v) is 9.69. The van der Waals surface area contributed by atoms with Crippen LogP contribution in [0.3, 0.4) is 0 Å². The SMILES string of the molecule is CCC(NCc1ccon1)c1ccccc1F. The molecular weight excluding hydrogens is 219 g/mol. The van der Waals surface area contributed by atoms with Crippen LogP contribution >= 0.6 is 0 Å². The van der Waals surface area contributed by atoms with Crippen LogP contribution in [0.2, 0.25) is 0 Å². The van der Waals surface area contributed by atoms with Crippen molar-refractivity contribution in [2.45, 2.75) is 25.9 Å². The molecule has 0 fully saturated rings. The van der Waals surface area contributed by atoms with Gasteiger partial charge < -0.3 is 9.84 Å². The summed E-state index contributed by atoms with van der Waals surface area (Å²) >= 11 is 0. The molecule has 0 amide bonds. The van der Waals surface area contributed by atoms with Crippen molar-refractivity contribution in [3.05, 3.63) is 53.7 Å². The van der Waals surface area contributed by atoms with E-state index >= 15 is 0 Å². The first-order valence-corrected chi connectivity index (χ1v) is 5.68. The van der Waals surface area contributed by atoms with Crippen LogP contribution < -0.4 is 5.32 Å². The maximum Gasteiger partial charge on any atom is 0.127 e. The molecule has 0 radical (unpaired) electrons. The van der Waals surface area contributed by atoms with E-state index in [4.69, 9.17) is 4.52 Å². The van der Waals surface area contributed by atoms with E-state index in [1.54, 1.807) is 18.2 Å². The molecule has 17 heavy (non-hydrogen) atoms. The van der Waals surface area contributed by atoms with Gasteiger partial charge in [0, 0.05) is 24.2 Å². The second-order valence-electron chi connectivity index (χ2n) is 3.85. The van der Waals surface area contributed by atoms with Crippen LogP contribution in [0, 0.1) is 5.82 Å². The monoisotopic (exact) mass is 234 g/mol. The molecule has 0 saturated heterocycles. The Morgan fingerprint density at radius 2 is 2.18 bits per heavy atom. The van der Waals surface area contributed by atoms with Crippen LogP contribution in [0.25, 0.3) is 0 Å². The van der Waals surface area contributed by atoms with Crippen molar-refractivity contribution >= 4 is 0 Å². The molecule has 0 aliphatic rings. The molecule has 2 aromatic rings.